The van der Waals surface area contributed by atoms with Crippen molar-refractivity contribution >= 4 is 15.9 Å². The number of hydrogen-bond donors (Lipinski definition) is 1. The van der Waals surface area contributed by atoms with Crippen LogP contribution in [-0.2, 0) is 6.42 Å². The van der Waals surface area contributed by atoms with Crippen LogP contribution in [0.4, 0.5) is 8.78 Å². The predicted molar refractivity (Wildman–Crippen MR) is 76.2 cm³/mol. The quantitative estimate of drug-likeness (QED) is 0.847. The fourth-order valence-corrected chi connectivity index (χ4v) is 2.37. The van der Waals surface area contributed by atoms with Crippen molar-refractivity contribution in [2.24, 2.45) is 0 Å². The summed E-state index contributed by atoms with van der Waals surface area (Å²) in [6.45, 7) is 2.60. The van der Waals surface area contributed by atoms with Crippen molar-refractivity contribution < 1.29 is 8.78 Å². The summed E-state index contributed by atoms with van der Waals surface area (Å²) >= 11 is 3.08. The van der Waals surface area contributed by atoms with E-state index in [0.717, 1.165) is 0 Å². The van der Waals surface area contributed by atoms with Crippen LogP contribution in [0.25, 0.3) is 0 Å². The fraction of sp³-hybridized carbons (Fsp3) is 0.286. The third-order valence-corrected chi connectivity index (χ3v) is 3.57. The monoisotopic (exact) mass is 341 g/mol. The van der Waals surface area contributed by atoms with E-state index in [1.165, 1.54) is 18.5 Å². The van der Waals surface area contributed by atoms with Gasteiger partial charge in [0.25, 0.3) is 0 Å². The Bertz CT molecular complexity index is 578. The van der Waals surface area contributed by atoms with Crippen molar-refractivity contribution in [2.75, 3.05) is 6.54 Å². The zero-order valence-electron chi connectivity index (χ0n) is 10.9. The van der Waals surface area contributed by atoms with E-state index >= 15 is 0 Å². The molecule has 1 aromatic carbocycles. The van der Waals surface area contributed by atoms with Gasteiger partial charge in [-0.15, -0.1) is 0 Å². The maximum Gasteiger partial charge on any atom is 0.143 e. The predicted octanol–water partition coefficient (Wildman–Crippen LogP) is 3.41. The van der Waals surface area contributed by atoms with Crippen LogP contribution in [0.3, 0.4) is 0 Å². The Morgan fingerprint density at radius 2 is 2.10 bits per heavy atom. The summed E-state index contributed by atoms with van der Waals surface area (Å²) in [5, 5.41) is 3.18. The van der Waals surface area contributed by atoms with Gasteiger partial charge in [0.1, 0.15) is 18.0 Å². The third-order valence-electron chi connectivity index (χ3n) is 2.96. The van der Waals surface area contributed by atoms with E-state index in [1.807, 2.05) is 6.92 Å². The third kappa shape index (κ3) is 3.37. The van der Waals surface area contributed by atoms with Gasteiger partial charge >= 0.3 is 0 Å². The molecule has 3 nitrogen and oxygen atoms in total. The smallest absolute Gasteiger partial charge is 0.143 e. The molecule has 0 bridgehead atoms. The van der Waals surface area contributed by atoms with Gasteiger partial charge in [0.15, 0.2) is 0 Å². The SMILES string of the molecule is CCNC(Cc1c(F)ccc(Br)c1F)c1ccncn1. The minimum absolute atomic E-state index is 0.0453. The molecule has 2 aromatic rings. The first-order valence-electron chi connectivity index (χ1n) is 6.25. The van der Waals surface area contributed by atoms with Gasteiger partial charge in [-0.1, -0.05) is 6.92 Å². The lowest BCUT2D eigenvalue weighted by molar-refractivity contribution is 0.490. The van der Waals surface area contributed by atoms with Crippen LogP contribution in [0.1, 0.15) is 24.2 Å². The van der Waals surface area contributed by atoms with Crippen LogP contribution in [0, 0.1) is 11.6 Å². The highest BCUT2D eigenvalue weighted by Gasteiger charge is 2.19. The summed E-state index contributed by atoms with van der Waals surface area (Å²) in [5.41, 5.74) is 0.754. The first-order chi connectivity index (χ1) is 9.63. The molecule has 1 N–H and O–H groups in total. The van der Waals surface area contributed by atoms with Gasteiger partial charge in [-0.25, -0.2) is 18.7 Å². The summed E-state index contributed by atoms with van der Waals surface area (Å²) in [4.78, 5) is 8.00. The molecule has 1 aromatic heterocycles. The lowest BCUT2D eigenvalue weighted by Gasteiger charge is -2.18. The van der Waals surface area contributed by atoms with Crippen LogP contribution in [-0.4, -0.2) is 16.5 Å². The number of nitrogens with one attached hydrogen (secondary N) is 1. The van der Waals surface area contributed by atoms with Crippen LogP contribution < -0.4 is 5.32 Å². The molecule has 2 rings (SSSR count). The second-order valence-corrected chi connectivity index (χ2v) is 5.12. The van der Waals surface area contributed by atoms with Gasteiger partial charge in [-0.2, -0.15) is 0 Å². The van der Waals surface area contributed by atoms with Crippen molar-refractivity contribution in [3.05, 3.63) is 58.1 Å². The average Bonchev–Trinajstić information content (AvgIpc) is 2.47. The molecule has 0 spiro atoms. The number of rotatable bonds is 5. The topological polar surface area (TPSA) is 37.8 Å². The highest BCUT2D eigenvalue weighted by molar-refractivity contribution is 9.10. The maximum absolute atomic E-state index is 14.0. The number of likely N-dealkylation sites (N-methyl/N-ethyl adjacent to an activating group) is 1. The van der Waals surface area contributed by atoms with Crippen molar-refractivity contribution in [3.63, 3.8) is 0 Å². The van der Waals surface area contributed by atoms with Crippen molar-refractivity contribution in [3.8, 4) is 0 Å². The molecule has 6 heteroatoms. The Kier molecular flexibility index (Phi) is 5.14. The summed E-state index contributed by atoms with van der Waals surface area (Å²) < 4.78 is 28.1. The minimum Gasteiger partial charge on any atom is -0.309 e. The van der Waals surface area contributed by atoms with Gasteiger partial charge < -0.3 is 5.32 Å². The van der Waals surface area contributed by atoms with E-state index in [9.17, 15) is 8.78 Å². The Morgan fingerprint density at radius 1 is 1.30 bits per heavy atom. The highest BCUT2D eigenvalue weighted by atomic mass is 79.9. The molecule has 0 fully saturated rings. The van der Waals surface area contributed by atoms with E-state index < -0.39 is 11.6 Å². The van der Waals surface area contributed by atoms with Gasteiger partial charge in [-0.3, -0.25) is 0 Å². The zero-order chi connectivity index (χ0) is 14.5. The van der Waals surface area contributed by atoms with E-state index in [-0.39, 0.29) is 22.5 Å². The van der Waals surface area contributed by atoms with Crippen molar-refractivity contribution in [1.82, 2.24) is 15.3 Å². The largest absolute Gasteiger partial charge is 0.309 e. The van der Waals surface area contributed by atoms with Crippen molar-refractivity contribution in [2.45, 2.75) is 19.4 Å². The van der Waals surface area contributed by atoms with E-state index in [2.05, 4.69) is 31.2 Å². The molecular weight excluding hydrogens is 328 g/mol. The molecular formula is C14H14BrF2N3. The Labute approximate surface area is 124 Å². The van der Waals surface area contributed by atoms with E-state index in [4.69, 9.17) is 0 Å². The summed E-state index contributed by atoms with van der Waals surface area (Å²) in [6, 6.07) is 4.09. The van der Waals surface area contributed by atoms with Crippen LogP contribution in [0.2, 0.25) is 0 Å². The van der Waals surface area contributed by atoms with Crippen LogP contribution >= 0.6 is 15.9 Å². The summed E-state index contributed by atoms with van der Waals surface area (Å²) in [5.74, 6) is -1.12. The van der Waals surface area contributed by atoms with E-state index in [1.54, 1.807) is 12.3 Å². The standard InChI is InChI=1S/C14H14BrF2N3/c1-2-19-13(12-5-6-18-8-20-12)7-9-11(16)4-3-10(15)14(9)17/h3-6,8,13,19H,2,7H2,1H3. The van der Waals surface area contributed by atoms with Gasteiger partial charge in [0.2, 0.25) is 0 Å². The lowest BCUT2D eigenvalue weighted by Crippen LogP contribution is -2.24. The lowest BCUT2D eigenvalue weighted by atomic mass is 10.0. The number of aromatic nitrogens is 2. The number of halogens is 3. The second-order valence-electron chi connectivity index (χ2n) is 4.27. The van der Waals surface area contributed by atoms with Gasteiger partial charge in [-0.05, 0) is 47.1 Å². The first-order valence-corrected chi connectivity index (χ1v) is 7.04. The number of hydrogen-bond acceptors (Lipinski definition) is 3. The molecule has 0 saturated heterocycles. The molecule has 0 amide bonds. The first kappa shape index (κ1) is 15.0. The highest BCUT2D eigenvalue weighted by Crippen LogP contribution is 2.25. The van der Waals surface area contributed by atoms with Crippen molar-refractivity contribution in [1.29, 1.82) is 0 Å². The molecule has 1 heterocycles. The summed E-state index contributed by atoms with van der Waals surface area (Å²) in [6.07, 6.45) is 3.22. The Morgan fingerprint density at radius 3 is 2.75 bits per heavy atom. The molecule has 0 aliphatic rings. The zero-order valence-corrected chi connectivity index (χ0v) is 12.5. The van der Waals surface area contributed by atoms with Gasteiger partial charge in [0, 0.05) is 11.8 Å². The molecule has 106 valence electrons. The van der Waals surface area contributed by atoms with Crippen LogP contribution in [0.5, 0.6) is 0 Å². The Balaban J connectivity index is 2.32. The second kappa shape index (κ2) is 6.85. The molecule has 0 aliphatic carbocycles. The van der Waals surface area contributed by atoms with Gasteiger partial charge in [0.05, 0.1) is 16.2 Å². The Hall–Kier alpha value is -1.40. The maximum atomic E-state index is 14.0. The normalized spacial score (nSPS) is 12.4. The average molecular weight is 342 g/mol. The number of benzene rings is 1. The molecule has 0 aliphatic heterocycles. The summed E-state index contributed by atoms with van der Waals surface area (Å²) in [7, 11) is 0. The number of nitrogens with zero attached hydrogens (tertiary/aromatic N) is 2. The minimum atomic E-state index is -0.568. The molecule has 0 radical (unpaired) electrons. The van der Waals surface area contributed by atoms with E-state index in [0.29, 0.717) is 12.2 Å². The fourth-order valence-electron chi connectivity index (χ4n) is 2.00. The molecule has 20 heavy (non-hydrogen) atoms. The van der Waals surface area contributed by atoms with Crippen LogP contribution in [0.15, 0.2) is 35.2 Å². The molecule has 0 saturated carbocycles. The molecule has 1 unspecified atom stereocenters. The molecule has 1 atom stereocenters.